The first kappa shape index (κ1) is 30.3. The SMILES string of the molecule is CC(C)CCC[C@H](C)[C@@H]1CC[C@H]2[C@H]3CC[C@@H]4CC5(OS(=O)(=O)O5)C5(OS(=O)(=O)O5)C5(OS(=O)(=O)O5)[C@]4(C)[C@H]3CC[C@@]21C. The molecule has 0 aromatic rings. The second-order valence-corrected chi connectivity index (χ2v) is 18.3. The first-order valence-electron chi connectivity index (χ1n) is 15.3. The predicted molar refractivity (Wildman–Crippen MR) is 145 cm³/mol. The van der Waals surface area contributed by atoms with E-state index in [9.17, 15) is 25.3 Å². The number of fused-ring (bicyclic) bond motifs is 8. The molecule has 3 aliphatic heterocycles. The minimum atomic E-state index is -4.62. The van der Waals surface area contributed by atoms with Crippen LogP contribution in [0.15, 0.2) is 0 Å². The molecular formula is C27H42O12S3. The van der Waals surface area contributed by atoms with Crippen molar-refractivity contribution in [1.29, 1.82) is 0 Å². The van der Waals surface area contributed by atoms with Crippen LogP contribution >= 0.6 is 0 Å². The molecule has 3 heterocycles. The van der Waals surface area contributed by atoms with Crippen LogP contribution in [0.3, 0.4) is 0 Å². The molecule has 3 saturated heterocycles. The van der Waals surface area contributed by atoms with Crippen LogP contribution in [0.1, 0.15) is 98.8 Å². The van der Waals surface area contributed by atoms with Crippen LogP contribution in [0.2, 0.25) is 0 Å². The van der Waals surface area contributed by atoms with Gasteiger partial charge in [-0.15, -0.1) is 0 Å². The van der Waals surface area contributed by atoms with Gasteiger partial charge in [0.2, 0.25) is 0 Å². The first-order valence-corrected chi connectivity index (χ1v) is 19.3. The summed E-state index contributed by atoms with van der Waals surface area (Å²) in [5.74, 6) is -5.20. The number of hydrogen-bond acceptors (Lipinski definition) is 12. The van der Waals surface area contributed by atoms with Crippen molar-refractivity contribution in [2.45, 2.75) is 116 Å². The maximum Gasteiger partial charge on any atom is 0.406 e. The van der Waals surface area contributed by atoms with Crippen molar-refractivity contribution < 1.29 is 50.4 Å². The number of rotatable bonds is 5. The van der Waals surface area contributed by atoms with Gasteiger partial charge in [-0.05, 0) is 85.4 Å². The third kappa shape index (κ3) is 3.74. The molecule has 42 heavy (non-hydrogen) atoms. The van der Waals surface area contributed by atoms with Gasteiger partial charge >= 0.3 is 37.0 Å². The fourth-order valence-corrected chi connectivity index (χ4v) is 14.2. The highest BCUT2D eigenvalue weighted by molar-refractivity contribution is 7.84. The molecule has 0 aromatic carbocycles. The number of hydrogen-bond donors (Lipinski definition) is 0. The van der Waals surface area contributed by atoms with Crippen LogP contribution in [-0.2, 0) is 56.3 Å². The van der Waals surface area contributed by atoms with E-state index in [0.29, 0.717) is 30.1 Å². The fraction of sp³-hybridized carbons (Fsp3) is 1.00. The van der Waals surface area contributed by atoms with E-state index in [-0.39, 0.29) is 29.6 Å². The fourth-order valence-electron chi connectivity index (χ4n) is 11.0. The third-order valence-electron chi connectivity index (χ3n) is 12.6. The van der Waals surface area contributed by atoms with E-state index < -0.39 is 54.0 Å². The Bertz CT molecular complexity index is 1450. The van der Waals surface area contributed by atoms with E-state index in [1.807, 2.05) is 6.92 Å². The zero-order valence-corrected chi connectivity index (χ0v) is 27.2. The van der Waals surface area contributed by atoms with Gasteiger partial charge in [0.1, 0.15) is 0 Å². The highest BCUT2D eigenvalue weighted by Crippen LogP contribution is 2.78. The summed E-state index contributed by atoms with van der Waals surface area (Å²) in [5.41, 5.74) is -0.979. The van der Waals surface area contributed by atoms with E-state index in [2.05, 4.69) is 27.7 Å². The average molecular weight is 655 g/mol. The molecule has 0 aromatic heterocycles. The van der Waals surface area contributed by atoms with Gasteiger partial charge in [0.25, 0.3) is 11.6 Å². The van der Waals surface area contributed by atoms with E-state index >= 15 is 0 Å². The summed E-state index contributed by atoms with van der Waals surface area (Å²) in [6, 6.07) is 0. The zero-order chi connectivity index (χ0) is 30.4. The predicted octanol–water partition coefficient (Wildman–Crippen LogP) is 4.29. The summed E-state index contributed by atoms with van der Waals surface area (Å²) in [6.45, 7) is 11.2. The van der Waals surface area contributed by atoms with Crippen molar-refractivity contribution in [2.24, 2.45) is 52.3 Å². The van der Waals surface area contributed by atoms with Crippen LogP contribution in [0.4, 0.5) is 0 Å². The summed E-state index contributed by atoms with van der Waals surface area (Å²) < 4.78 is 106. The molecule has 0 amide bonds. The van der Waals surface area contributed by atoms with Crippen molar-refractivity contribution in [3.05, 3.63) is 0 Å². The highest BCUT2D eigenvalue weighted by atomic mass is 32.3. The van der Waals surface area contributed by atoms with Crippen LogP contribution in [0, 0.1) is 52.3 Å². The molecule has 15 heteroatoms. The van der Waals surface area contributed by atoms with E-state index in [4.69, 9.17) is 25.1 Å². The van der Waals surface area contributed by atoms with Crippen LogP contribution in [0.5, 0.6) is 0 Å². The standard InChI is InChI=1S/C27H42O12S3/c1-16(2)7-6-8-17(3)20-11-12-21-19-10-9-18-15-25(34-40(28,29)35-25)27(38-42(32,33)39-27)26(36-41(30,31)37-26)24(18,5)22(19)13-14-23(20,21)4/h16-22H,6-15H2,1-5H3/t17-,18+,19+,20-,21-,22-,23+,24-/m0/s1. The quantitative estimate of drug-likeness (QED) is 0.415. The van der Waals surface area contributed by atoms with Gasteiger partial charge in [-0.3, -0.25) is 0 Å². The maximum absolute atomic E-state index is 12.5. The van der Waals surface area contributed by atoms with Gasteiger partial charge in [0.15, 0.2) is 0 Å². The minimum Gasteiger partial charge on any atom is -0.206 e. The van der Waals surface area contributed by atoms with Crippen molar-refractivity contribution in [2.75, 3.05) is 0 Å². The molecule has 3 spiro atoms. The molecule has 8 atom stereocenters. The summed E-state index contributed by atoms with van der Waals surface area (Å²) in [7, 11) is -13.6. The lowest BCUT2D eigenvalue weighted by Crippen LogP contribution is -2.92. The molecule has 0 N–H and O–H groups in total. The van der Waals surface area contributed by atoms with Crippen molar-refractivity contribution in [3.8, 4) is 0 Å². The van der Waals surface area contributed by atoms with Gasteiger partial charge < -0.3 is 0 Å². The molecule has 7 fully saturated rings. The lowest BCUT2D eigenvalue weighted by Gasteiger charge is -2.73. The second kappa shape index (κ2) is 8.90. The summed E-state index contributed by atoms with van der Waals surface area (Å²) in [6.07, 6.45) is 8.94. The van der Waals surface area contributed by atoms with Gasteiger partial charge in [0.05, 0.1) is 0 Å². The smallest absolute Gasteiger partial charge is 0.206 e. The third-order valence-corrected chi connectivity index (χ3v) is 15.3. The average Bonchev–Trinajstić information content (AvgIpc) is 3.17. The highest BCUT2D eigenvalue weighted by Gasteiger charge is 2.96. The maximum atomic E-state index is 12.5. The summed E-state index contributed by atoms with van der Waals surface area (Å²) >= 11 is 0. The van der Waals surface area contributed by atoms with Gasteiger partial charge in [-0.2, -0.15) is 33.6 Å². The van der Waals surface area contributed by atoms with E-state index in [1.165, 1.54) is 19.3 Å². The Balaban J connectivity index is 1.25. The zero-order valence-electron chi connectivity index (χ0n) is 24.7. The molecular weight excluding hydrogens is 612 g/mol. The molecule has 0 radical (unpaired) electrons. The minimum absolute atomic E-state index is 0.0898. The molecule has 4 aliphatic carbocycles. The second-order valence-electron chi connectivity index (χ2n) is 14.9. The molecule has 7 rings (SSSR count). The van der Waals surface area contributed by atoms with Crippen LogP contribution < -0.4 is 0 Å². The van der Waals surface area contributed by atoms with Crippen molar-refractivity contribution in [1.82, 2.24) is 0 Å². The normalized spacial score (nSPS) is 46.6. The molecule has 240 valence electrons. The Morgan fingerprint density at radius 1 is 0.690 bits per heavy atom. The lowest BCUT2D eigenvalue weighted by molar-refractivity contribution is -0.520. The summed E-state index contributed by atoms with van der Waals surface area (Å²) in [5, 5.41) is 0. The Kier molecular flexibility index (Phi) is 6.42. The molecule has 4 saturated carbocycles. The van der Waals surface area contributed by atoms with Crippen LogP contribution in [-0.4, -0.2) is 42.6 Å². The molecule has 7 aliphatic rings. The Hall–Kier alpha value is -0.390. The lowest BCUT2D eigenvalue weighted by atomic mass is 9.41. The topological polar surface area (TPSA) is 158 Å². The molecule has 0 bridgehead atoms. The monoisotopic (exact) mass is 654 g/mol. The van der Waals surface area contributed by atoms with Crippen molar-refractivity contribution in [3.63, 3.8) is 0 Å². The first-order chi connectivity index (χ1) is 19.4. The van der Waals surface area contributed by atoms with E-state index in [1.54, 1.807) is 0 Å². The van der Waals surface area contributed by atoms with Crippen LogP contribution in [0.25, 0.3) is 0 Å². The van der Waals surface area contributed by atoms with Crippen molar-refractivity contribution >= 4 is 31.2 Å². The molecule has 0 unspecified atom stereocenters. The Labute approximate surface area is 249 Å². The largest absolute Gasteiger partial charge is 0.406 e. The Morgan fingerprint density at radius 2 is 1.29 bits per heavy atom. The Morgan fingerprint density at radius 3 is 1.86 bits per heavy atom. The molecule has 12 nitrogen and oxygen atoms in total. The van der Waals surface area contributed by atoms with Gasteiger partial charge in [0, 0.05) is 11.8 Å². The summed E-state index contributed by atoms with van der Waals surface area (Å²) in [4.78, 5) is 0. The van der Waals surface area contributed by atoms with Gasteiger partial charge in [-0.1, -0.05) is 53.9 Å². The van der Waals surface area contributed by atoms with Gasteiger partial charge in [-0.25, -0.2) is 16.7 Å². The van der Waals surface area contributed by atoms with E-state index in [0.717, 1.165) is 32.1 Å².